The molecular formula is C10H21Br2MgO2. The Morgan fingerprint density at radius 2 is 1.60 bits per heavy atom. The fourth-order valence-electron chi connectivity index (χ4n) is 1.07. The Kier molecular flexibility index (Phi) is 22.8. The molecule has 0 rings (SSSR count). The van der Waals surface area contributed by atoms with E-state index in [2.05, 4.69) is 32.7 Å². The SMILES string of the molecule is [Br][Mg][Br].[CH2]CCCCC(OCC)OCC. The monoisotopic (exact) mass is 355 g/mol. The second kappa shape index (κ2) is 18.0. The molecule has 0 aliphatic rings. The fraction of sp³-hybridized carbons (Fsp3) is 0.900. The zero-order valence-electron chi connectivity index (χ0n) is 9.81. The summed E-state index contributed by atoms with van der Waals surface area (Å²) in [5.74, 6) is 0. The van der Waals surface area contributed by atoms with Crippen LogP contribution >= 0.6 is 25.8 Å². The van der Waals surface area contributed by atoms with E-state index in [0.29, 0.717) is 0 Å². The molecule has 5 heteroatoms. The summed E-state index contributed by atoms with van der Waals surface area (Å²) < 4.78 is 10.8. The van der Waals surface area contributed by atoms with Crippen LogP contribution in [0.15, 0.2) is 0 Å². The number of halogens is 2. The molecule has 0 aliphatic heterocycles. The van der Waals surface area contributed by atoms with Crippen molar-refractivity contribution in [3.05, 3.63) is 6.92 Å². The fourth-order valence-corrected chi connectivity index (χ4v) is 1.07. The summed E-state index contributed by atoms with van der Waals surface area (Å²) in [5.41, 5.74) is 0. The minimum absolute atomic E-state index is 0.00606. The third-order valence-electron chi connectivity index (χ3n) is 1.64. The minimum Gasteiger partial charge on any atom is -0.353 e. The lowest BCUT2D eigenvalue weighted by Crippen LogP contribution is -2.16. The molecule has 0 spiro atoms. The van der Waals surface area contributed by atoms with Gasteiger partial charge in [0.2, 0.25) is 0 Å². The topological polar surface area (TPSA) is 18.5 Å². The van der Waals surface area contributed by atoms with E-state index in [4.69, 9.17) is 9.47 Å². The Hall–Kier alpha value is 1.65. The smallest absolute Gasteiger partial charge is 0.353 e. The van der Waals surface area contributed by atoms with E-state index in [1.165, 1.54) is 0 Å². The number of ether oxygens (including phenoxy) is 2. The average Bonchev–Trinajstić information content (AvgIpc) is 2.20. The van der Waals surface area contributed by atoms with Crippen LogP contribution in [0.3, 0.4) is 0 Å². The van der Waals surface area contributed by atoms with E-state index in [-0.39, 0.29) is 22.3 Å². The van der Waals surface area contributed by atoms with Crippen molar-refractivity contribution in [3.63, 3.8) is 0 Å². The molecule has 0 aliphatic carbocycles. The van der Waals surface area contributed by atoms with Crippen LogP contribution in [0.1, 0.15) is 39.5 Å². The predicted octanol–water partition coefficient (Wildman–Crippen LogP) is 4.09. The van der Waals surface area contributed by atoms with Gasteiger partial charge in [0.25, 0.3) is 0 Å². The Balaban J connectivity index is 0. The second-order valence-electron chi connectivity index (χ2n) is 2.79. The van der Waals surface area contributed by atoms with Crippen LogP contribution in [0.4, 0.5) is 0 Å². The molecule has 0 unspecified atom stereocenters. The van der Waals surface area contributed by atoms with Crippen molar-refractivity contribution < 1.29 is 9.47 Å². The standard InChI is InChI=1S/C10H21O2.2BrH.Mg/c1-4-7-8-9-10(11-5-2)12-6-3;;;/h10H,1,4-9H2,2-3H3;2*1H;/q;;;+2/p-2. The largest absolute Gasteiger partial charge is 0.560 e. The number of unbranched alkanes of at least 4 members (excludes halogenated alkanes) is 2. The van der Waals surface area contributed by atoms with Crippen LogP contribution in [0.2, 0.25) is 0 Å². The molecule has 1 radical (unpaired) electrons. The van der Waals surface area contributed by atoms with E-state index in [9.17, 15) is 0 Å². The lowest BCUT2D eigenvalue weighted by molar-refractivity contribution is -0.140. The van der Waals surface area contributed by atoms with Gasteiger partial charge in [0.05, 0.1) is 0 Å². The third kappa shape index (κ3) is 18.2. The number of hydrogen-bond acceptors (Lipinski definition) is 2. The van der Waals surface area contributed by atoms with E-state index in [0.717, 1.165) is 38.9 Å². The highest BCUT2D eigenvalue weighted by Crippen LogP contribution is 2.07. The number of rotatable bonds is 8. The van der Waals surface area contributed by atoms with Gasteiger partial charge in [-0.2, -0.15) is 0 Å². The Morgan fingerprint density at radius 3 is 1.93 bits per heavy atom. The molecule has 0 amide bonds. The quantitative estimate of drug-likeness (QED) is 0.370. The summed E-state index contributed by atoms with van der Waals surface area (Å²) in [6.07, 6.45) is 4.32. The second-order valence-corrected chi connectivity index (χ2v) is 10.9. The zero-order chi connectivity index (χ0) is 11.9. The first-order chi connectivity index (χ1) is 7.26. The molecule has 0 N–H and O–H groups in total. The first-order valence-electron chi connectivity index (χ1n) is 5.41. The van der Waals surface area contributed by atoms with Crippen LogP contribution in [-0.2, 0) is 9.47 Å². The van der Waals surface area contributed by atoms with Crippen LogP contribution < -0.4 is 0 Å². The van der Waals surface area contributed by atoms with Crippen molar-refractivity contribution >= 4 is 41.8 Å². The first kappa shape index (κ1) is 19.0. The zero-order valence-corrected chi connectivity index (χ0v) is 14.4. The molecule has 0 heterocycles. The molecule has 0 saturated carbocycles. The van der Waals surface area contributed by atoms with Crippen molar-refractivity contribution in [3.8, 4) is 0 Å². The van der Waals surface area contributed by atoms with Gasteiger partial charge < -0.3 is 9.47 Å². The maximum Gasteiger partial charge on any atom is 0.560 e. The van der Waals surface area contributed by atoms with E-state index in [1.807, 2.05) is 13.8 Å². The predicted molar refractivity (Wildman–Crippen MR) is 74.5 cm³/mol. The average molecular weight is 357 g/mol. The van der Waals surface area contributed by atoms with Crippen molar-refractivity contribution in [2.45, 2.75) is 45.8 Å². The van der Waals surface area contributed by atoms with Gasteiger partial charge in [-0.15, -0.1) is 0 Å². The summed E-state index contributed by atoms with van der Waals surface area (Å²) in [6, 6.07) is 0. The molecular weight excluding hydrogens is 336 g/mol. The summed E-state index contributed by atoms with van der Waals surface area (Å²) >= 11 is 6.44. The summed E-state index contributed by atoms with van der Waals surface area (Å²) in [4.78, 5) is 0. The molecule has 89 valence electrons. The maximum atomic E-state index is 5.39. The van der Waals surface area contributed by atoms with Crippen LogP contribution in [-0.4, -0.2) is 35.5 Å². The molecule has 15 heavy (non-hydrogen) atoms. The van der Waals surface area contributed by atoms with Crippen molar-refractivity contribution in [2.75, 3.05) is 13.2 Å². The van der Waals surface area contributed by atoms with E-state index in [1.54, 1.807) is 0 Å². The normalized spacial score (nSPS) is 9.47. The van der Waals surface area contributed by atoms with Gasteiger partial charge in [0, 0.05) is 13.2 Å². The highest BCUT2D eigenvalue weighted by molar-refractivity contribution is 9.47. The highest BCUT2D eigenvalue weighted by Gasteiger charge is 2.05. The van der Waals surface area contributed by atoms with Crippen molar-refractivity contribution in [1.29, 1.82) is 0 Å². The first-order valence-corrected chi connectivity index (χ1v) is 13.2. The van der Waals surface area contributed by atoms with Gasteiger partial charge in [-0.05, 0) is 26.7 Å². The molecule has 0 bridgehead atoms. The third-order valence-corrected chi connectivity index (χ3v) is 1.64. The maximum absolute atomic E-state index is 5.39. The molecule has 0 aromatic rings. The Labute approximate surface area is 116 Å². The molecule has 0 saturated heterocycles. The van der Waals surface area contributed by atoms with Gasteiger partial charge in [0.1, 0.15) is 0 Å². The highest BCUT2D eigenvalue weighted by atomic mass is 79.9. The van der Waals surface area contributed by atoms with Gasteiger partial charge in [-0.25, -0.2) is 0 Å². The molecule has 0 aromatic heterocycles. The van der Waals surface area contributed by atoms with E-state index < -0.39 is 0 Å². The lowest BCUT2D eigenvalue weighted by Gasteiger charge is -2.16. The van der Waals surface area contributed by atoms with Crippen LogP contribution in [0.25, 0.3) is 0 Å². The summed E-state index contributed by atoms with van der Waals surface area (Å²) in [7, 11) is 0. The summed E-state index contributed by atoms with van der Waals surface area (Å²) in [5, 5.41) is 0. The van der Waals surface area contributed by atoms with Gasteiger partial charge >= 0.3 is 16.0 Å². The van der Waals surface area contributed by atoms with Crippen molar-refractivity contribution in [1.82, 2.24) is 0 Å². The van der Waals surface area contributed by atoms with Gasteiger partial charge in [-0.1, -0.05) is 19.8 Å². The molecule has 2 nitrogen and oxygen atoms in total. The van der Waals surface area contributed by atoms with Crippen LogP contribution in [0.5, 0.6) is 0 Å². The Morgan fingerprint density at radius 1 is 1.13 bits per heavy atom. The van der Waals surface area contributed by atoms with E-state index >= 15 is 0 Å². The van der Waals surface area contributed by atoms with Crippen LogP contribution in [0, 0.1) is 6.92 Å². The minimum atomic E-state index is 0.00606. The lowest BCUT2D eigenvalue weighted by atomic mass is 10.2. The molecule has 0 fully saturated rings. The molecule has 0 atom stereocenters. The number of hydrogen-bond donors (Lipinski definition) is 0. The molecule has 0 aromatic carbocycles. The van der Waals surface area contributed by atoms with Gasteiger partial charge in [0.15, 0.2) is 6.29 Å². The van der Waals surface area contributed by atoms with Gasteiger partial charge in [-0.3, -0.25) is 25.8 Å². The Bertz CT molecular complexity index is 101. The summed E-state index contributed by atoms with van der Waals surface area (Å²) in [6.45, 7) is 9.24. The van der Waals surface area contributed by atoms with Crippen molar-refractivity contribution in [2.24, 2.45) is 0 Å².